The summed E-state index contributed by atoms with van der Waals surface area (Å²) < 4.78 is 5.63. The van der Waals surface area contributed by atoms with Gasteiger partial charge >= 0.3 is 0 Å². The predicted octanol–water partition coefficient (Wildman–Crippen LogP) is 3.73. The molecule has 0 aliphatic heterocycles. The van der Waals surface area contributed by atoms with E-state index in [0.29, 0.717) is 17.3 Å². The fraction of sp³-hybridized carbons (Fsp3) is 0.200. The molecular weight excluding hydrogens is 246 g/mol. The zero-order chi connectivity index (χ0) is 13.0. The van der Waals surface area contributed by atoms with Crippen LogP contribution in [0.5, 0.6) is 5.75 Å². The molecule has 0 aliphatic rings. The Kier molecular flexibility index (Phi) is 4.24. The van der Waals surface area contributed by atoms with Gasteiger partial charge in [0.2, 0.25) is 0 Å². The smallest absolute Gasteiger partial charge is 0.138 e. The molecule has 2 aromatic carbocycles. The van der Waals surface area contributed by atoms with Crippen LogP contribution in [-0.2, 0) is 0 Å². The lowest BCUT2D eigenvalue weighted by Crippen LogP contribution is -2.22. The van der Waals surface area contributed by atoms with Crippen molar-refractivity contribution in [3.63, 3.8) is 0 Å². The molecule has 2 rings (SSSR count). The molecule has 1 unspecified atom stereocenters. The van der Waals surface area contributed by atoms with E-state index in [0.717, 1.165) is 11.1 Å². The van der Waals surface area contributed by atoms with Gasteiger partial charge < -0.3 is 10.5 Å². The van der Waals surface area contributed by atoms with Gasteiger partial charge in [-0.05, 0) is 30.2 Å². The third-order valence-corrected chi connectivity index (χ3v) is 2.99. The fourth-order valence-electron chi connectivity index (χ4n) is 1.67. The van der Waals surface area contributed by atoms with E-state index in [9.17, 15) is 0 Å². The third-order valence-electron chi connectivity index (χ3n) is 2.70. The van der Waals surface area contributed by atoms with Gasteiger partial charge in [0.1, 0.15) is 11.9 Å². The van der Waals surface area contributed by atoms with Crippen LogP contribution in [0.3, 0.4) is 0 Å². The molecule has 0 amide bonds. The number of hydrogen-bond donors (Lipinski definition) is 1. The molecule has 0 radical (unpaired) electrons. The highest BCUT2D eigenvalue weighted by Crippen LogP contribution is 2.30. The van der Waals surface area contributed by atoms with E-state index >= 15 is 0 Å². The van der Waals surface area contributed by atoms with E-state index in [2.05, 4.69) is 12.1 Å². The maximum Gasteiger partial charge on any atom is 0.138 e. The molecule has 0 fully saturated rings. The highest BCUT2D eigenvalue weighted by molar-refractivity contribution is 6.32. The Balaban J connectivity index is 2.25. The van der Waals surface area contributed by atoms with Gasteiger partial charge in [-0.3, -0.25) is 0 Å². The zero-order valence-corrected chi connectivity index (χ0v) is 11.0. The molecule has 0 aromatic heterocycles. The van der Waals surface area contributed by atoms with Gasteiger partial charge in [-0.1, -0.05) is 48.0 Å². The molecule has 0 heterocycles. The Morgan fingerprint density at radius 1 is 1.11 bits per heavy atom. The average Bonchev–Trinajstić information content (AvgIpc) is 2.42. The summed E-state index contributed by atoms with van der Waals surface area (Å²) in [5.74, 6) is 0.675. The first-order chi connectivity index (χ1) is 8.70. The maximum absolute atomic E-state index is 6.21. The molecule has 0 bridgehead atoms. The SMILES string of the molecule is CC(CN)Oc1ccc(-c2ccccc2)cc1Cl. The molecule has 18 heavy (non-hydrogen) atoms. The number of hydrogen-bond acceptors (Lipinski definition) is 2. The van der Waals surface area contributed by atoms with Gasteiger partial charge in [0.05, 0.1) is 5.02 Å². The van der Waals surface area contributed by atoms with Gasteiger partial charge in [0.25, 0.3) is 0 Å². The number of benzene rings is 2. The van der Waals surface area contributed by atoms with Crippen LogP contribution in [-0.4, -0.2) is 12.6 Å². The van der Waals surface area contributed by atoms with Crippen molar-refractivity contribution < 1.29 is 4.74 Å². The summed E-state index contributed by atoms with van der Waals surface area (Å²) in [4.78, 5) is 0. The maximum atomic E-state index is 6.21. The standard InChI is InChI=1S/C15H16ClNO/c1-11(10-17)18-15-8-7-13(9-14(15)16)12-5-3-2-4-6-12/h2-9,11H,10,17H2,1H3. The fourth-order valence-corrected chi connectivity index (χ4v) is 1.90. The van der Waals surface area contributed by atoms with Crippen molar-refractivity contribution in [2.24, 2.45) is 5.73 Å². The zero-order valence-electron chi connectivity index (χ0n) is 10.3. The Bertz CT molecular complexity index is 513. The van der Waals surface area contributed by atoms with Crippen molar-refractivity contribution in [2.75, 3.05) is 6.54 Å². The topological polar surface area (TPSA) is 35.2 Å². The monoisotopic (exact) mass is 261 g/mol. The van der Waals surface area contributed by atoms with Crippen LogP contribution in [0.4, 0.5) is 0 Å². The summed E-state index contributed by atoms with van der Waals surface area (Å²) >= 11 is 6.21. The number of halogens is 1. The summed E-state index contributed by atoms with van der Waals surface area (Å²) in [6, 6.07) is 15.9. The number of nitrogens with two attached hydrogens (primary N) is 1. The normalized spacial score (nSPS) is 12.2. The molecular formula is C15H16ClNO. The molecule has 0 saturated heterocycles. The molecule has 1 atom stereocenters. The van der Waals surface area contributed by atoms with E-state index in [-0.39, 0.29) is 6.10 Å². The minimum absolute atomic E-state index is 0.0370. The Labute approximate surface area is 112 Å². The highest BCUT2D eigenvalue weighted by atomic mass is 35.5. The van der Waals surface area contributed by atoms with E-state index in [4.69, 9.17) is 22.1 Å². The van der Waals surface area contributed by atoms with E-state index in [1.54, 1.807) is 0 Å². The van der Waals surface area contributed by atoms with Crippen molar-refractivity contribution in [1.82, 2.24) is 0 Å². The molecule has 2 nitrogen and oxygen atoms in total. The Hall–Kier alpha value is -1.51. The quantitative estimate of drug-likeness (QED) is 0.910. The van der Waals surface area contributed by atoms with Crippen LogP contribution in [0.2, 0.25) is 5.02 Å². The van der Waals surface area contributed by atoms with Crippen LogP contribution in [0.25, 0.3) is 11.1 Å². The first-order valence-electron chi connectivity index (χ1n) is 5.92. The van der Waals surface area contributed by atoms with Crippen LogP contribution in [0.15, 0.2) is 48.5 Å². The van der Waals surface area contributed by atoms with E-state index in [1.165, 1.54) is 0 Å². The van der Waals surface area contributed by atoms with Crippen molar-refractivity contribution in [3.8, 4) is 16.9 Å². The summed E-state index contributed by atoms with van der Waals surface area (Å²) in [7, 11) is 0. The first kappa shape index (κ1) is 12.9. The van der Waals surface area contributed by atoms with E-state index < -0.39 is 0 Å². The molecule has 0 aliphatic carbocycles. The van der Waals surface area contributed by atoms with Crippen LogP contribution in [0.1, 0.15) is 6.92 Å². The van der Waals surface area contributed by atoms with Crippen molar-refractivity contribution in [2.45, 2.75) is 13.0 Å². The number of rotatable bonds is 4. The average molecular weight is 262 g/mol. The first-order valence-corrected chi connectivity index (χ1v) is 6.30. The molecule has 2 N–H and O–H groups in total. The lowest BCUT2D eigenvalue weighted by Gasteiger charge is -2.14. The van der Waals surface area contributed by atoms with Crippen LogP contribution >= 0.6 is 11.6 Å². The molecule has 0 saturated carbocycles. The molecule has 2 aromatic rings. The third kappa shape index (κ3) is 3.03. The summed E-state index contributed by atoms with van der Waals surface area (Å²) in [5, 5.41) is 0.608. The Morgan fingerprint density at radius 2 is 1.83 bits per heavy atom. The largest absolute Gasteiger partial charge is 0.488 e. The minimum atomic E-state index is -0.0370. The second kappa shape index (κ2) is 5.89. The van der Waals surface area contributed by atoms with Crippen molar-refractivity contribution in [1.29, 1.82) is 0 Å². The highest BCUT2D eigenvalue weighted by Gasteiger charge is 2.07. The molecule has 94 valence electrons. The summed E-state index contributed by atoms with van der Waals surface area (Å²) in [5.41, 5.74) is 7.74. The van der Waals surface area contributed by atoms with Gasteiger partial charge in [0.15, 0.2) is 0 Å². The van der Waals surface area contributed by atoms with Gasteiger partial charge in [-0.25, -0.2) is 0 Å². The van der Waals surface area contributed by atoms with Gasteiger partial charge in [-0.15, -0.1) is 0 Å². The predicted molar refractivity (Wildman–Crippen MR) is 76.0 cm³/mol. The van der Waals surface area contributed by atoms with Crippen molar-refractivity contribution in [3.05, 3.63) is 53.6 Å². The van der Waals surface area contributed by atoms with Gasteiger partial charge in [-0.2, -0.15) is 0 Å². The van der Waals surface area contributed by atoms with Crippen LogP contribution < -0.4 is 10.5 Å². The van der Waals surface area contributed by atoms with Crippen LogP contribution in [0, 0.1) is 0 Å². The van der Waals surface area contributed by atoms with Gasteiger partial charge in [0, 0.05) is 6.54 Å². The van der Waals surface area contributed by atoms with E-state index in [1.807, 2.05) is 43.3 Å². The molecule has 3 heteroatoms. The second-order valence-corrected chi connectivity index (χ2v) is 4.58. The Morgan fingerprint density at radius 3 is 2.44 bits per heavy atom. The summed E-state index contributed by atoms with van der Waals surface area (Å²) in [6.07, 6.45) is -0.0370. The lowest BCUT2D eigenvalue weighted by molar-refractivity contribution is 0.230. The summed E-state index contributed by atoms with van der Waals surface area (Å²) in [6.45, 7) is 2.39. The number of ether oxygens (including phenoxy) is 1. The second-order valence-electron chi connectivity index (χ2n) is 4.18. The lowest BCUT2D eigenvalue weighted by atomic mass is 10.1. The van der Waals surface area contributed by atoms with Crippen molar-refractivity contribution >= 4 is 11.6 Å². The molecule has 0 spiro atoms. The minimum Gasteiger partial charge on any atom is -0.488 e.